The van der Waals surface area contributed by atoms with Crippen LogP contribution in [0.1, 0.15) is 5.56 Å². The number of hydrogen-bond donors (Lipinski definition) is 1. The van der Waals surface area contributed by atoms with Crippen molar-refractivity contribution in [3.8, 4) is 11.5 Å². The summed E-state index contributed by atoms with van der Waals surface area (Å²) in [5.74, 6) is 3.11. The summed E-state index contributed by atoms with van der Waals surface area (Å²) in [5, 5.41) is 11.5. The van der Waals surface area contributed by atoms with Crippen molar-refractivity contribution >= 4 is 11.9 Å². The Morgan fingerprint density at radius 1 is 1.25 bits per heavy atom. The molecule has 0 unspecified atom stereocenters. The highest BCUT2D eigenvalue weighted by Crippen LogP contribution is 2.32. The molecule has 7 nitrogen and oxygen atoms in total. The lowest BCUT2D eigenvalue weighted by molar-refractivity contribution is 0.174. The minimum absolute atomic E-state index is 0.293. The van der Waals surface area contributed by atoms with Crippen LogP contribution in [-0.4, -0.2) is 35.7 Å². The molecule has 1 N–H and O–H groups in total. The van der Waals surface area contributed by atoms with E-state index in [1.54, 1.807) is 0 Å². The van der Waals surface area contributed by atoms with E-state index in [2.05, 4.69) is 15.5 Å². The molecule has 7 heteroatoms. The topological polar surface area (TPSA) is 64.4 Å². The van der Waals surface area contributed by atoms with E-state index >= 15 is 0 Å². The van der Waals surface area contributed by atoms with Crippen LogP contribution in [-0.2, 0) is 13.6 Å². The average molecular weight is 275 g/mol. The first-order chi connectivity index (χ1) is 9.65. The minimum atomic E-state index is 0.293. The molecule has 0 atom stereocenters. The zero-order valence-corrected chi connectivity index (χ0v) is 11.8. The number of nitrogens with one attached hydrogen (secondary N) is 1. The average Bonchev–Trinajstić information content (AvgIpc) is 3.02. The quantitative estimate of drug-likeness (QED) is 0.905. The van der Waals surface area contributed by atoms with Crippen LogP contribution in [0.4, 0.5) is 11.9 Å². The molecule has 106 valence electrons. The molecule has 0 saturated carbocycles. The van der Waals surface area contributed by atoms with Gasteiger partial charge in [-0.05, 0) is 17.7 Å². The van der Waals surface area contributed by atoms with E-state index in [9.17, 15) is 0 Å². The molecule has 0 saturated heterocycles. The van der Waals surface area contributed by atoms with Crippen LogP contribution in [0, 0.1) is 0 Å². The van der Waals surface area contributed by atoms with E-state index < -0.39 is 0 Å². The summed E-state index contributed by atoms with van der Waals surface area (Å²) in [6.07, 6.45) is 0. The van der Waals surface area contributed by atoms with Crippen LogP contribution in [0.15, 0.2) is 18.2 Å². The molecule has 0 bridgehead atoms. The van der Waals surface area contributed by atoms with E-state index in [0.717, 1.165) is 29.0 Å². The molecule has 1 aliphatic heterocycles. The summed E-state index contributed by atoms with van der Waals surface area (Å²) in [4.78, 5) is 1.92. The summed E-state index contributed by atoms with van der Waals surface area (Å²) in [7, 11) is 5.80. The zero-order chi connectivity index (χ0) is 14.1. The zero-order valence-electron chi connectivity index (χ0n) is 11.8. The number of hydrogen-bond acceptors (Lipinski definition) is 6. The minimum Gasteiger partial charge on any atom is -0.454 e. The van der Waals surface area contributed by atoms with Gasteiger partial charge in [-0.1, -0.05) is 6.07 Å². The van der Waals surface area contributed by atoms with Gasteiger partial charge in [0.25, 0.3) is 0 Å². The number of anilines is 2. The van der Waals surface area contributed by atoms with Gasteiger partial charge in [-0.25, -0.2) is 0 Å². The van der Waals surface area contributed by atoms with Gasteiger partial charge in [0.15, 0.2) is 11.5 Å². The lowest BCUT2D eigenvalue weighted by atomic mass is 10.2. The molecule has 2 aromatic rings. The van der Waals surface area contributed by atoms with Gasteiger partial charge in [0, 0.05) is 27.7 Å². The summed E-state index contributed by atoms with van der Waals surface area (Å²) in [6.45, 7) is 0.942. The molecule has 0 spiro atoms. The van der Waals surface area contributed by atoms with Gasteiger partial charge < -0.3 is 19.7 Å². The van der Waals surface area contributed by atoms with Gasteiger partial charge in [0.2, 0.25) is 18.7 Å². The third-order valence-corrected chi connectivity index (χ3v) is 3.14. The monoisotopic (exact) mass is 275 g/mol. The van der Waals surface area contributed by atoms with Crippen LogP contribution < -0.4 is 19.7 Å². The number of benzene rings is 1. The molecule has 1 aromatic heterocycles. The van der Waals surface area contributed by atoms with Crippen LogP contribution in [0.3, 0.4) is 0 Å². The fraction of sp³-hybridized carbons (Fsp3) is 0.385. The maximum absolute atomic E-state index is 5.36. The highest BCUT2D eigenvalue weighted by atomic mass is 16.7. The Morgan fingerprint density at radius 3 is 2.80 bits per heavy atom. The van der Waals surface area contributed by atoms with Crippen LogP contribution in [0.2, 0.25) is 0 Å². The van der Waals surface area contributed by atoms with Gasteiger partial charge in [0.05, 0.1) is 0 Å². The summed E-state index contributed by atoms with van der Waals surface area (Å²) < 4.78 is 12.6. The Bertz CT molecular complexity index is 623. The van der Waals surface area contributed by atoms with E-state index in [-0.39, 0.29) is 0 Å². The van der Waals surface area contributed by atoms with E-state index in [4.69, 9.17) is 9.47 Å². The Hall–Kier alpha value is -2.44. The molecule has 2 heterocycles. The molecule has 20 heavy (non-hydrogen) atoms. The Balaban J connectivity index is 1.70. The summed E-state index contributed by atoms with van der Waals surface area (Å²) in [5.41, 5.74) is 1.10. The summed E-state index contributed by atoms with van der Waals surface area (Å²) >= 11 is 0. The molecule has 0 amide bonds. The Morgan fingerprint density at radius 2 is 2.05 bits per heavy atom. The second-order valence-corrected chi connectivity index (χ2v) is 4.82. The molecular weight excluding hydrogens is 258 g/mol. The van der Waals surface area contributed by atoms with Gasteiger partial charge in [0.1, 0.15) is 0 Å². The smallest absolute Gasteiger partial charge is 0.231 e. The van der Waals surface area contributed by atoms with Gasteiger partial charge in [-0.3, -0.25) is 4.57 Å². The van der Waals surface area contributed by atoms with Crippen LogP contribution >= 0.6 is 0 Å². The Labute approximate surface area is 117 Å². The number of rotatable bonds is 4. The first kappa shape index (κ1) is 12.6. The molecule has 0 radical (unpaired) electrons. The first-order valence-electron chi connectivity index (χ1n) is 6.34. The van der Waals surface area contributed by atoms with Gasteiger partial charge in [-0.15, -0.1) is 10.2 Å². The second-order valence-electron chi connectivity index (χ2n) is 4.82. The fourth-order valence-corrected chi connectivity index (χ4v) is 2.10. The van der Waals surface area contributed by atoms with Crippen LogP contribution in [0.5, 0.6) is 11.5 Å². The molecule has 1 aromatic carbocycles. The van der Waals surface area contributed by atoms with Crippen molar-refractivity contribution in [2.24, 2.45) is 7.05 Å². The molecule has 3 rings (SSSR count). The molecule has 1 aliphatic rings. The predicted octanol–water partition coefficient (Wildman–Crippen LogP) is 1.22. The molecular formula is C13H17N5O2. The van der Waals surface area contributed by atoms with Crippen LogP contribution in [0.25, 0.3) is 0 Å². The lowest BCUT2D eigenvalue weighted by Gasteiger charge is -2.11. The fourth-order valence-electron chi connectivity index (χ4n) is 2.10. The number of fused-ring (bicyclic) bond motifs is 1. The highest BCUT2D eigenvalue weighted by molar-refractivity contribution is 5.45. The molecule has 0 fully saturated rings. The largest absolute Gasteiger partial charge is 0.454 e. The van der Waals surface area contributed by atoms with Crippen molar-refractivity contribution < 1.29 is 9.47 Å². The van der Waals surface area contributed by atoms with Crippen molar-refractivity contribution in [1.29, 1.82) is 0 Å². The second kappa shape index (κ2) is 4.92. The van der Waals surface area contributed by atoms with E-state index in [1.807, 2.05) is 48.8 Å². The summed E-state index contributed by atoms with van der Waals surface area (Å²) in [6, 6.07) is 5.89. The first-order valence-corrected chi connectivity index (χ1v) is 6.34. The van der Waals surface area contributed by atoms with Crippen molar-refractivity contribution in [3.63, 3.8) is 0 Å². The van der Waals surface area contributed by atoms with E-state index in [0.29, 0.717) is 13.3 Å². The maximum Gasteiger partial charge on any atom is 0.231 e. The third-order valence-electron chi connectivity index (χ3n) is 3.14. The third kappa shape index (κ3) is 2.22. The maximum atomic E-state index is 5.36. The SMILES string of the molecule is CN(C)c1nnc(NCc2ccc3c(c2)OCO3)n1C. The standard InChI is InChI=1S/C13H17N5O2/c1-17(2)13-16-15-12(18(13)3)14-7-9-4-5-10-11(6-9)20-8-19-10/h4-6H,7-8H2,1-3H3,(H,14,15). The number of aromatic nitrogens is 3. The van der Waals surface area contributed by atoms with Crippen molar-refractivity contribution in [1.82, 2.24) is 14.8 Å². The number of nitrogens with zero attached hydrogens (tertiary/aromatic N) is 4. The number of ether oxygens (including phenoxy) is 2. The van der Waals surface area contributed by atoms with Crippen molar-refractivity contribution in [2.45, 2.75) is 6.54 Å². The lowest BCUT2D eigenvalue weighted by Crippen LogP contribution is -2.14. The van der Waals surface area contributed by atoms with Gasteiger partial charge >= 0.3 is 0 Å². The predicted molar refractivity (Wildman–Crippen MR) is 75.2 cm³/mol. The van der Waals surface area contributed by atoms with Crippen molar-refractivity contribution in [3.05, 3.63) is 23.8 Å². The van der Waals surface area contributed by atoms with Gasteiger partial charge in [-0.2, -0.15) is 0 Å². The van der Waals surface area contributed by atoms with E-state index in [1.165, 1.54) is 0 Å². The highest BCUT2D eigenvalue weighted by Gasteiger charge is 2.14. The molecule has 0 aliphatic carbocycles. The normalized spacial score (nSPS) is 12.6. The Kier molecular flexibility index (Phi) is 3.09. The van der Waals surface area contributed by atoms with Crippen molar-refractivity contribution in [2.75, 3.05) is 31.1 Å².